The molecular weight excluding hydrogens is 100 g/mol. The van der Waals surface area contributed by atoms with Crippen LogP contribution in [0.1, 0.15) is 13.3 Å². The van der Waals surface area contributed by atoms with Crippen LogP contribution in [-0.2, 0) is 0 Å². The van der Waals surface area contributed by atoms with Crippen molar-refractivity contribution in [3.05, 3.63) is 0 Å². The predicted octanol–water partition coefficient (Wildman–Crippen LogP) is 2.24. The zero-order chi connectivity index (χ0) is 4.12. The summed E-state index contributed by atoms with van der Waals surface area (Å²) < 4.78 is 0. The van der Waals surface area contributed by atoms with E-state index < -0.39 is 0 Å². The van der Waals surface area contributed by atoms with Crippen LogP contribution in [0.25, 0.3) is 0 Å². The molecule has 0 aliphatic rings. The Morgan fingerprint density at radius 3 is 2.40 bits per heavy atom. The second-order valence-corrected chi connectivity index (χ2v) is 2.17. The fourth-order valence-electron chi connectivity index (χ4n) is 0.0833. The average molecular weight is 107 g/mol. The van der Waals surface area contributed by atoms with Crippen LogP contribution in [0.4, 0.5) is 0 Å². The van der Waals surface area contributed by atoms with Crippen LogP contribution in [-0.4, -0.2) is 5.75 Å². The highest BCUT2D eigenvalue weighted by Gasteiger charge is 1.70. The molecule has 0 aromatic carbocycles. The van der Waals surface area contributed by atoms with Gasteiger partial charge in [0.25, 0.3) is 0 Å². The highest BCUT2D eigenvalue weighted by molar-refractivity contribution is 8.68. The summed E-state index contributed by atoms with van der Waals surface area (Å²) in [7, 11) is 1.48. The monoisotopic (exact) mass is 107 g/mol. The standard InChI is InChI=1S/C3H7S2/c1-2-3-5-4/h2-3H2,1H3. The molecular formula is C3H7S2. The van der Waals surface area contributed by atoms with Gasteiger partial charge >= 0.3 is 0 Å². The first-order valence-corrected chi connectivity index (χ1v) is 3.57. The zero-order valence-corrected chi connectivity index (χ0v) is 4.86. The Kier molecular flexibility index (Phi) is 5.36. The molecule has 0 heterocycles. The second-order valence-electron chi connectivity index (χ2n) is 0.822. The van der Waals surface area contributed by atoms with E-state index >= 15 is 0 Å². The Balaban J connectivity index is 2.19. The minimum absolute atomic E-state index is 1.12. The fourth-order valence-corrected chi connectivity index (χ4v) is 0.750. The van der Waals surface area contributed by atoms with Crippen molar-refractivity contribution in [3.8, 4) is 0 Å². The number of hydrogen-bond donors (Lipinski definition) is 0. The van der Waals surface area contributed by atoms with E-state index in [1.165, 1.54) is 17.2 Å². The van der Waals surface area contributed by atoms with Gasteiger partial charge in [-0.1, -0.05) is 17.7 Å². The van der Waals surface area contributed by atoms with Gasteiger partial charge in [-0.3, -0.25) is 0 Å². The minimum Gasteiger partial charge on any atom is -0.0817 e. The lowest BCUT2D eigenvalue weighted by molar-refractivity contribution is 1.11. The largest absolute Gasteiger partial charge is 0.0817 e. The van der Waals surface area contributed by atoms with E-state index in [4.69, 9.17) is 0 Å². The molecule has 0 amide bonds. The van der Waals surface area contributed by atoms with Gasteiger partial charge in [0, 0.05) is 5.75 Å². The summed E-state index contributed by atoms with van der Waals surface area (Å²) in [5.41, 5.74) is 0. The smallest absolute Gasteiger partial charge is 0.00427 e. The van der Waals surface area contributed by atoms with Gasteiger partial charge < -0.3 is 0 Å². The maximum atomic E-state index is 4.57. The first-order chi connectivity index (χ1) is 2.41. The Morgan fingerprint density at radius 2 is 2.40 bits per heavy atom. The van der Waals surface area contributed by atoms with Crippen LogP contribution in [0, 0.1) is 0 Å². The summed E-state index contributed by atoms with van der Waals surface area (Å²) in [6, 6.07) is 0. The van der Waals surface area contributed by atoms with E-state index in [9.17, 15) is 0 Å². The second kappa shape index (κ2) is 4.70. The third-order valence-corrected chi connectivity index (χ3v) is 1.36. The lowest BCUT2D eigenvalue weighted by Crippen LogP contribution is -1.60. The van der Waals surface area contributed by atoms with E-state index in [1.54, 1.807) is 0 Å². The molecule has 0 bridgehead atoms. The molecule has 2 heteroatoms. The van der Waals surface area contributed by atoms with Crippen molar-refractivity contribution in [1.29, 1.82) is 0 Å². The van der Waals surface area contributed by atoms with Crippen molar-refractivity contribution in [2.75, 3.05) is 5.75 Å². The van der Waals surface area contributed by atoms with E-state index in [2.05, 4.69) is 18.6 Å². The number of hydrogen-bond acceptors (Lipinski definition) is 1. The summed E-state index contributed by atoms with van der Waals surface area (Å²) in [6.07, 6.45) is 1.20. The van der Waals surface area contributed by atoms with Crippen molar-refractivity contribution in [2.45, 2.75) is 13.3 Å². The van der Waals surface area contributed by atoms with Gasteiger partial charge in [-0.05, 0) is 18.1 Å². The van der Waals surface area contributed by atoms with Gasteiger partial charge in [-0.15, -0.1) is 0 Å². The van der Waals surface area contributed by atoms with Crippen molar-refractivity contribution >= 4 is 22.5 Å². The molecule has 0 aromatic rings. The molecule has 0 unspecified atom stereocenters. The summed E-state index contributed by atoms with van der Waals surface area (Å²) in [5.74, 6) is 1.12. The molecule has 0 nitrogen and oxygen atoms in total. The summed E-state index contributed by atoms with van der Waals surface area (Å²) in [6.45, 7) is 2.12. The molecule has 0 fully saturated rings. The Labute approximate surface area is 42.1 Å². The predicted molar refractivity (Wildman–Crippen MR) is 30.3 cm³/mol. The van der Waals surface area contributed by atoms with Crippen LogP contribution >= 0.6 is 22.5 Å². The molecule has 31 valence electrons. The lowest BCUT2D eigenvalue weighted by Gasteiger charge is -1.77. The van der Waals surface area contributed by atoms with Crippen molar-refractivity contribution in [3.63, 3.8) is 0 Å². The molecule has 1 radical (unpaired) electrons. The molecule has 0 saturated carbocycles. The van der Waals surface area contributed by atoms with Gasteiger partial charge in [0.2, 0.25) is 0 Å². The lowest BCUT2D eigenvalue weighted by atomic mass is 10.6. The maximum Gasteiger partial charge on any atom is 0.00427 e. The molecule has 0 saturated heterocycles. The number of rotatable bonds is 2. The molecule has 0 rings (SSSR count). The molecule has 5 heavy (non-hydrogen) atoms. The van der Waals surface area contributed by atoms with E-state index in [-0.39, 0.29) is 0 Å². The third kappa shape index (κ3) is 4.70. The van der Waals surface area contributed by atoms with Crippen LogP contribution < -0.4 is 0 Å². The Hall–Kier alpha value is 0.700. The summed E-state index contributed by atoms with van der Waals surface area (Å²) >= 11 is 4.57. The van der Waals surface area contributed by atoms with Gasteiger partial charge in [0.15, 0.2) is 0 Å². The van der Waals surface area contributed by atoms with Crippen LogP contribution in [0.15, 0.2) is 0 Å². The van der Waals surface area contributed by atoms with Crippen LogP contribution in [0.3, 0.4) is 0 Å². The quantitative estimate of drug-likeness (QED) is 0.488. The van der Waals surface area contributed by atoms with Crippen molar-refractivity contribution in [1.82, 2.24) is 0 Å². The maximum absolute atomic E-state index is 4.57. The summed E-state index contributed by atoms with van der Waals surface area (Å²) in [4.78, 5) is 0. The van der Waals surface area contributed by atoms with Gasteiger partial charge in [0.05, 0.1) is 0 Å². The van der Waals surface area contributed by atoms with E-state index in [0.717, 1.165) is 5.75 Å². The highest BCUT2D eigenvalue weighted by Crippen LogP contribution is 2.04. The zero-order valence-electron chi connectivity index (χ0n) is 3.23. The first-order valence-electron chi connectivity index (χ1n) is 1.66. The van der Waals surface area contributed by atoms with Crippen molar-refractivity contribution < 1.29 is 0 Å². The van der Waals surface area contributed by atoms with E-state index in [0.29, 0.717) is 0 Å². The minimum atomic E-state index is 1.12. The highest BCUT2D eigenvalue weighted by atomic mass is 33.1. The molecule has 0 spiro atoms. The van der Waals surface area contributed by atoms with Gasteiger partial charge in [-0.2, -0.15) is 0 Å². The molecule has 0 atom stereocenters. The normalized spacial score (nSPS) is 8.40. The molecule has 0 aliphatic carbocycles. The van der Waals surface area contributed by atoms with E-state index in [1.807, 2.05) is 0 Å². The third-order valence-electron chi connectivity index (χ3n) is 0.287. The molecule has 0 N–H and O–H groups in total. The fraction of sp³-hybridized carbons (Fsp3) is 1.00. The van der Waals surface area contributed by atoms with Crippen LogP contribution in [0.5, 0.6) is 0 Å². The Morgan fingerprint density at radius 1 is 1.80 bits per heavy atom. The molecule has 0 aromatic heterocycles. The van der Waals surface area contributed by atoms with Crippen molar-refractivity contribution in [2.24, 2.45) is 0 Å². The van der Waals surface area contributed by atoms with Gasteiger partial charge in [0.1, 0.15) is 0 Å². The van der Waals surface area contributed by atoms with Gasteiger partial charge in [-0.25, -0.2) is 0 Å². The SMILES string of the molecule is CCCS[S]. The topological polar surface area (TPSA) is 0 Å². The summed E-state index contributed by atoms with van der Waals surface area (Å²) in [5, 5.41) is 0. The average Bonchev–Trinajstić information content (AvgIpc) is 1.41. The molecule has 0 aliphatic heterocycles. The Bertz CT molecular complexity index is 12.4. The first kappa shape index (κ1) is 5.70. The van der Waals surface area contributed by atoms with Crippen LogP contribution in [0.2, 0.25) is 0 Å².